The van der Waals surface area contributed by atoms with Gasteiger partial charge in [-0.15, -0.1) is 11.6 Å². The second-order valence-corrected chi connectivity index (χ2v) is 6.61. The number of rotatable bonds is 4. The van der Waals surface area contributed by atoms with Gasteiger partial charge in [-0.25, -0.2) is 19.5 Å². The predicted molar refractivity (Wildman–Crippen MR) is 77.3 cm³/mol. The van der Waals surface area contributed by atoms with Crippen molar-refractivity contribution in [1.29, 1.82) is 0 Å². The SMILES string of the molecule is Nc1ncnc2c1ncn2[C@@H]1O[C@H](COP(=O)(O)O)[C@@H](O)[C@H]1Cl. The van der Waals surface area contributed by atoms with E-state index < -0.39 is 38.2 Å². The fourth-order valence-corrected chi connectivity index (χ4v) is 2.98. The van der Waals surface area contributed by atoms with Crippen LogP contribution in [0.5, 0.6) is 0 Å². The zero-order valence-corrected chi connectivity index (χ0v) is 13.1. The molecule has 11 nitrogen and oxygen atoms in total. The number of fused-ring (bicyclic) bond motifs is 1. The maximum Gasteiger partial charge on any atom is 0.469 e. The first-order valence-corrected chi connectivity index (χ1v) is 8.35. The van der Waals surface area contributed by atoms with Crippen LogP contribution in [0.15, 0.2) is 12.7 Å². The Bertz CT molecular complexity index is 767. The number of nitrogen functional groups attached to an aromatic ring is 1. The van der Waals surface area contributed by atoms with Gasteiger partial charge in [0.05, 0.1) is 12.9 Å². The number of phosphoric acid groups is 1. The summed E-state index contributed by atoms with van der Waals surface area (Å²) in [5.41, 5.74) is 6.41. The summed E-state index contributed by atoms with van der Waals surface area (Å²) in [6.45, 7) is -0.519. The lowest BCUT2D eigenvalue weighted by atomic mass is 10.2. The van der Waals surface area contributed by atoms with E-state index in [1.165, 1.54) is 17.2 Å². The van der Waals surface area contributed by atoms with Crippen molar-refractivity contribution in [2.75, 3.05) is 12.3 Å². The summed E-state index contributed by atoms with van der Waals surface area (Å²) in [4.78, 5) is 29.4. The number of ether oxygens (including phenoxy) is 1. The maximum atomic E-state index is 10.8. The van der Waals surface area contributed by atoms with Crippen molar-refractivity contribution >= 4 is 36.4 Å². The molecule has 1 aliphatic rings. The van der Waals surface area contributed by atoms with E-state index in [9.17, 15) is 9.67 Å². The fraction of sp³-hybridized carbons (Fsp3) is 0.500. The van der Waals surface area contributed by atoms with Crippen LogP contribution in [0.4, 0.5) is 5.82 Å². The highest BCUT2D eigenvalue weighted by Gasteiger charge is 2.45. The lowest BCUT2D eigenvalue weighted by Crippen LogP contribution is -2.30. The van der Waals surface area contributed by atoms with Crippen LogP contribution >= 0.6 is 19.4 Å². The number of aliphatic hydroxyl groups excluding tert-OH is 1. The first kappa shape index (κ1) is 16.5. The van der Waals surface area contributed by atoms with Gasteiger partial charge in [0.2, 0.25) is 0 Å². The summed E-state index contributed by atoms with van der Waals surface area (Å²) in [6.07, 6.45) is -0.457. The van der Waals surface area contributed by atoms with Crippen LogP contribution in [0.25, 0.3) is 11.2 Å². The molecule has 0 spiro atoms. The van der Waals surface area contributed by atoms with Gasteiger partial charge in [0.25, 0.3) is 0 Å². The van der Waals surface area contributed by atoms with E-state index in [1.807, 2.05) is 0 Å². The van der Waals surface area contributed by atoms with Gasteiger partial charge in [-0.05, 0) is 0 Å². The molecule has 2 aromatic rings. The summed E-state index contributed by atoms with van der Waals surface area (Å²) in [5.74, 6) is 0.180. The monoisotopic (exact) mass is 365 g/mol. The molecule has 3 rings (SSSR count). The van der Waals surface area contributed by atoms with Crippen LogP contribution < -0.4 is 5.73 Å². The fourth-order valence-electron chi connectivity index (χ4n) is 2.29. The van der Waals surface area contributed by atoms with Crippen molar-refractivity contribution in [3.63, 3.8) is 0 Å². The Morgan fingerprint density at radius 3 is 2.87 bits per heavy atom. The van der Waals surface area contributed by atoms with E-state index in [0.717, 1.165) is 0 Å². The van der Waals surface area contributed by atoms with E-state index >= 15 is 0 Å². The molecular weight excluding hydrogens is 353 g/mol. The normalized spacial score (nSPS) is 28.5. The minimum absolute atomic E-state index is 0.180. The average Bonchev–Trinajstić information content (AvgIpc) is 3.01. The number of phosphoric ester groups is 1. The largest absolute Gasteiger partial charge is 0.469 e. The molecule has 23 heavy (non-hydrogen) atoms. The Morgan fingerprint density at radius 2 is 2.17 bits per heavy atom. The quantitative estimate of drug-likeness (QED) is 0.405. The second kappa shape index (κ2) is 5.95. The number of alkyl halides is 1. The number of aromatic nitrogens is 4. The van der Waals surface area contributed by atoms with Crippen molar-refractivity contribution in [3.8, 4) is 0 Å². The molecule has 13 heteroatoms. The van der Waals surface area contributed by atoms with E-state index in [2.05, 4.69) is 19.5 Å². The molecule has 2 aromatic heterocycles. The van der Waals surface area contributed by atoms with Gasteiger partial charge >= 0.3 is 7.82 Å². The number of hydrogen-bond acceptors (Lipinski definition) is 8. The topological polar surface area (TPSA) is 166 Å². The van der Waals surface area contributed by atoms with Gasteiger partial charge < -0.3 is 25.4 Å². The first-order valence-electron chi connectivity index (χ1n) is 6.38. The van der Waals surface area contributed by atoms with E-state index in [0.29, 0.717) is 11.2 Å². The lowest BCUT2D eigenvalue weighted by Gasteiger charge is -2.16. The minimum Gasteiger partial charge on any atom is -0.389 e. The Morgan fingerprint density at radius 1 is 1.43 bits per heavy atom. The lowest BCUT2D eigenvalue weighted by molar-refractivity contribution is -0.0423. The highest BCUT2D eigenvalue weighted by molar-refractivity contribution is 7.46. The van der Waals surface area contributed by atoms with E-state index in [-0.39, 0.29) is 5.82 Å². The van der Waals surface area contributed by atoms with Crippen LogP contribution in [0.3, 0.4) is 0 Å². The van der Waals surface area contributed by atoms with Crippen molar-refractivity contribution in [2.24, 2.45) is 0 Å². The van der Waals surface area contributed by atoms with Crippen molar-refractivity contribution in [3.05, 3.63) is 12.7 Å². The van der Waals surface area contributed by atoms with Crippen LogP contribution in [-0.4, -0.2) is 58.6 Å². The van der Waals surface area contributed by atoms with Gasteiger partial charge in [-0.3, -0.25) is 9.09 Å². The van der Waals surface area contributed by atoms with Crippen LogP contribution in [0.2, 0.25) is 0 Å². The van der Waals surface area contributed by atoms with Crippen LogP contribution in [-0.2, 0) is 13.8 Å². The molecular formula is C10H13ClN5O6P. The number of anilines is 1. The summed E-state index contributed by atoms with van der Waals surface area (Å²) in [5, 5.41) is 9.16. The summed E-state index contributed by atoms with van der Waals surface area (Å²) in [6, 6.07) is 0. The third kappa shape index (κ3) is 3.17. The predicted octanol–water partition coefficient (Wildman–Crippen LogP) is -0.617. The standard InChI is InChI=1S/C10H13ClN5O6P/c11-5-7(17)4(1-21-23(18,19)20)22-10(5)16-3-15-6-8(12)13-2-14-9(6)16/h2-5,7,10,17H,1H2,(H2,12,13,14)(H2,18,19,20)/t4-,5-,7-,10-/m1/s1. The Kier molecular flexibility index (Phi) is 4.27. The molecule has 0 saturated carbocycles. The molecule has 0 unspecified atom stereocenters. The molecule has 0 amide bonds. The molecule has 0 bridgehead atoms. The average molecular weight is 366 g/mol. The number of nitrogens with two attached hydrogens (primary N) is 1. The zero-order valence-electron chi connectivity index (χ0n) is 11.4. The molecule has 1 saturated heterocycles. The summed E-state index contributed by atoms with van der Waals surface area (Å²) < 4.78 is 22.1. The minimum atomic E-state index is -4.68. The summed E-state index contributed by atoms with van der Waals surface area (Å²) >= 11 is 6.16. The zero-order chi connectivity index (χ0) is 16.8. The van der Waals surface area contributed by atoms with Gasteiger partial charge in [0.15, 0.2) is 17.7 Å². The second-order valence-electron chi connectivity index (χ2n) is 4.87. The smallest absolute Gasteiger partial charge is 0.389 e. The van der Waals surface area contributed by atoms with Crippen molar-refractivity contribution < 1.29 is 28.7 Å². The van der Waals surface area contributed by atoms with Crippen molar-refractivity contribution in [1.82, 2.24) is 19.5 Å². The number of imidazole rings is 1. The van der Waals surface area contributed by atoms with E-state index in [4.69, 9.17) is 31.9 Å². The van der Waals surface area contributed by atoms with Crippen LogP contribution in [0, 0.1) is 0 Å². The Balaban J connectivity index is 1.85. The highest BCUT2D eigenvalue weighted by atomic mass is 35.5. The summed E-state index contributed by atoms with van der Waals surface area (Å²) in [7, 11) is -4.68. The highest BCUT2D eigenvalue weighted by Crippen LogP contribution is 2.40. The Labute approximate surface area is 134 Å². The molecule has 0 radical (unpaired) electrons. The van der Waals surface area contributed by atoms with Crippen LogP contribution in [0.1, 0.15) is 6.23 Å². The number of aliphatic hydroxyl groups is 1. The molecule has 126 valence electrons. The van der Waals surface area contributed by atoms with Gasteiger partial charge in [0, 0.05) is 0 Å². The van der Waals surface area contributed by atoms with Gasteiger partial charge in [0.1, 0.15) is 29.4 Å². The van der Waals surface area contributed by atoms with Crippen molar-refractivity contribution in [2.45, 2.75) is 23.8 Å². The van der Waals surface area contributed by atoms with Gasteiger partial charge in [-0.2, -0.15) is 0 Å². The molecule has 1 fully saturated rings. The molecule has 4 atom stereocenters. The Hall–Kier alpha value is -1.33. The molecule has 0 aliphatic carbocycles. The van der Waals surface area contributed by atoms with Gasteiger partial charge in [-0.1, -0.05) is 0 Å². The molecule has 1 aliphatic heterocycles. The third-order valence-corrected chi connectivity index (χ3v) is 4.32. The number of hydrogen-bond donors (Lipinski definition) is 4. The number of halogens is 1. The first-order chi connectivity index (χ1) is 10.8. The molecule has 0 aromatic carbocycles. The number of nitrogens with zero attached hydrogens (tertiary/aromatic N) is 4. The maximum absolute atomic E-state index is 10.8. The third-order valence-electron chi connectivity index (χ3n) is 3.36. The molecule has 5 N–H and O–H groups in total. The van der Waals surface area contributed by atoms with E-state index in [1.54, 1.807) is 0 Å². The molecule has 3 heterocycles.